The van der Waals surface area contributed by atoms with Crippen molar-refractivity contribution < 1.29 is 19.3 Å². The molecule has 0 aliphatic carbocycles. The van der Waals surface area contributed by atoms with E-state index in [0.717, 1.165) is 21.6 Å². The number of aromatic amines is 1. The lowest BCUT2D eigenvalue weighted by Gasteiger charge is -2.28. The molecule has 1 saturated heterocycles. The number of aryl methyl sites for hydroxylation is 1. The quantitative estimate of drug-likeness (QED) is 0.253. The summed E-state index contributed by atoms with van der Waals surface area (Å²) in [4.78, 5) is 67.8. The lowest BCUT2D eigenvalue weighted by molar-refractivity contribution is -0.384. The van der Waals surface area contributed by atoms with E-state index in [4.69, 9.17) is 0 Å². The summed E-state index contributed by atoms with van der Waals surface area (Å²) in [5, 5.41) is 11.4. The third-order valence-corrected chi connectivity index (χ3v) is 5.18. The van der Waals surface area contributed by atoms with Gasteiger partial charge in [-0.1, -0.05) is 11.8 Å². The summed E-state index contributed by atoms with van der Waals surface area (Å²) >= 11 is 1.01. The Bertz CT molecular complexity index is 1160. The predicted octanol–water partition coefficient (Wildman–Crippen LogP) is 1.57. The molecule has 2 aromatic rings. The number of carbonyl (C=O) groups is 3. The number of barbiturate groups is 1. The number of urea groups is 1. The van der Waals surface area contributed by atoms with E-state index in [-0.39, 0.29) is 27.5 Å². The summed E-state index contributed by atoms with van der Waals surface area (Å²) in [5.74, 6) is -1.65. The molecule has 3 rings (SSSR count). The molecule has 0 radical (unpaired) electrons. The molecule has 0 spiro atoms. The molecule has 1 aliphatic rings. The molecule has 0 unspecified atom stereocenters. The zero-order chi connectivity index (χ0) is 22.2. The summed E-state index contributed by atoms with van der Waals surface area (Å²) in [6.45, 7) is 1.64. The van der Waals surface area contributed by atoms with Crippen LogP contribution in [-0.2, 0) is 9.59 Å². The van der Waals surface area contributed by atoms with Crippen molar-refractivity contribution in [3.63, 3.8) is 0 Å². The highest BCUT2D eigenvalue weighted by Gasteiger charge is 2.38. The number of nitro groups is 1. The fourth-order valence-electron chi connectivity index (χ4n) is 2.69. The van der Waals surface area contributed by atoms with Crippen LogP contribution in [0.5, 0.6) is 0 Å². The number of aromatic nitrogens is 2. The largest absolute Gasteiger partial charge is 0.333 e. The molecule has 1 N–H and O–H groups in total. The van der Waals surface area contributed by atoms with Gasteiger partial charge < -0.3 is 4.98 Å². The van der Waals surface area contributed by atoms with Gasteiger partial charge in [-0.2, -0.15) is 0 Å². The number of likely N-dealkylation sites (N-methyl/N-ethyl adjacent to an activating group) is 2. The Kier molecular flexibility index (Phi) is 5.52. The third-order valence-electron chi connectivity index (χ3n) is 4.20. The predicted molar refractivity (Wildman–Crippen MR) is 106 cm³/mol. The molecular formula is C18H15N5O6S. The average molecular weight is 429 g/mol. The number of non-ortho nitro benzene ring substituents is 1. The highest BCUT2D eigenvalue weighted by Crippen LogP contribution is 2.32. The van der Waals surface area contributed by atoms with Crippen LogP contribution >= 0.6 is 11.8 Å². The van der Waals surface area contributed by atoms with Gasteiger partial charge in [0.05, 0.1) is 4.92 Å². The number of nitrogens with zero attached hydrogens (tertiary/aromatic N) is 4. The summed E-state index contributed by atoms with van der Waals surface area (Å²) in [6.07, 6.45) is 1.19. The van der Waals surface area contributed by atoms with Crippen molar-refractivity contribution in [2.75, 3.05) is 14.1 Å². The monoisotopic (exact) mass is 429 g/mol. The smallest absolute Gasteiger partial charge is 0.301 e. The molecule has 1 aliphatic heterocycles. The second-order valence-electron chi connectivity index (χ2n) is 6.34. The summed E-state index contributed by atoms with van der Waals surface area (Å²) < 4.78 is 0. The Balaban J connectivity index is 2.13. The van der Waals surface area contributed by atoms with E-state index in [9.17, 15) is 29.3 Å². The zero-order valence-electron chi connectivity index (χ0n) is 16.0. The van der Waals surface area contributed by atoms with E-state index in [0.29, 0.717) is 10.6 Å². The van der Waals surface area contributed by atoms with Crippen LogP contribution in [0.4, 0.5) is 10.5 Å². The van der Waals surface area contributed by atoms with Gasteiger partial charge in [-0.25, -0.2) is 9.78 Å². The molecule has 1 aromatic heterocycles. The molecule has 11 nitrogen and oxygen atoms in total. The van der Waals surface area contributed by atoms with Crippen LogP contribution in [0.1, 0.15) is 11.3 Å². The molecule has 2 heterocycles. The number of hydrogen-bond acceptors (Lipinski definition) is 8. The number of nitro benzene ring substituents is 1. The van der Waals surface area contributed by atoms with Gasteiger partial charge in [-0.05, 0) is 24.6 Å². The molecule has 4 amide bonds. The van der Waals surface area contributed by atoms with E-state index in [2.05, 4.69) is 9.97 Å². The van der Waals surface area contributed by atoms with Crippen LogP contribution in [0.25, 0.3) is 6.08 Å². The Morgan fingerprint density at radius 3 is 2.30 bits per heavy atom. The number of benzene rings is 1. The van der Waals surface area contributed by atoms with Crippen LogP contribution in [0.2, 0.25) is 0 Å². The van der Waals surface area contributed by atoms with Crippen molar-refractivity contribution >= 4 is 41.4 Å². The molecular weight excluding hydrogens is 414 g/mol. The van der Waals surface area contributed by atoms with Crippen LogP contribution in [0, 0.1) is 17.0 Å². The standard InChI is InChI=1S/C18H15N5O6S/c1-9-6-14(24)20-17(19-9)30-13-5-4-11(23(28)29)7-10(13)8-12-15(25)21(2)18(27)22(3)16(12)26/h4-8H,1-3H3,(H,19,20,24). The van der Waals surface area contributed by atoms with Crippen LogP contribution in [-0.4, -0.2) is 56.6 Å². The van der Waals surface area contributed by atoms with Crippen molar-refractivity contribution in [1.29, 1.82) is 0 Å². The number of H-pyrrole nitrogens is 1. The van der Waals surface area contributed by atoms with Crippen molar-refractivity contribution in [3.05, 3.63) is 61.6 Å². The van der Waals surface area contributed by atoms with Gasteiger partial charge in [0.1, 0.15) is 5.57 Å². The SMILES string of the molecule is Cc1cc(=O)[nH]c(Sc2ccc([N+](=O)[O-])cc2C=C2C(=O)N(C)C(=O)N(C)C2=O)n1. The molecule has 0 bridgehead atoms. The van der Waals surface area contributed by atoms with Crippen molar-refractivity contribution in [2.24, 2.45) is 0 Å². The van der Waals surface area contributed by atoms with Gasteiger partial charge >= 0.3 is 6.03 Å². The number of nitrogens with one attached hydrogen (secondary N) is 1. The van der Waals surface area contributed by atoms with Gasteiger partial charge in [0.2, 0.25) is 0 Å². The minimum Gasteiger partial charge on any atom is -0.301 e. The average Bonchev–Trinajstić information content (AvgIpc) is 2.68. The number of rotatable bonds is 4. The topological polar surface area (TPSA) is 147 Å². The second kappa shape index (κ2) is 7.91. The fraction of sp³-hybridized carbons (Fsp3) is 0.167. The Morgan fingerprint density at radius 1 is 1.10 bits per heavy atom. The van der Waals surface area contributed by atoms with Crippen LogP contribution in [0.3, 0.4) is 0 Å². The first-order valence-electron chi connectivity index (χ1n) is 8.44. The maximum atomic E-state index is 12.5. The van der Waals surface area contributed by atoms with Crippen LogP contribution < -0.4 is 5.56 Å². The fourth-order valence-corrected chi connectivity index (χ4v) is 3.61. The molecule has 1 fully saturated rings. The molecule has 1 aromatic carbocycles. The normalized spacial score (nSPS) is 14.4. The van der Waals surface area contributed by atoms with Gasteiger partial charge in [-0.15, -0.1) is 0 Å². The second-order valence-corrected chi connectivity index (χ2v) is 7.37. The number of amides is 4. The van der Waals surface area contributed by atoms with E-state index < -0.39 is 22.8 Å². The Morgan fingerprint density at radius 2 is 1.73 bits per heavy atom. The zero-order valence-corrected chi connectivity index (χ0v) is 16.8. The summed E-state index contributed by atoms with van der Waals surface area (Å²) in [7, 11) is 2.46. The lowest BCUT2D eigenvalue weighted by Crippen LogP contribution is -2.52. The number of hydrogen-bond donors (Lipinski definition) is 1. The minimum atomic E-state index is -0.826. The number of carbonyl (C=O) groups excluding carboxylic acids is 3. The van der Waals surface area contributed by atoms with E-state index >= 15 is 0 Å². The van der Waals surface area contributed by atoms with Crippen molar-refractivity contribution in [1.82, 2.24) is 19.8 Å². The molecule has 12 heteroatoms. The van der Waals surface area contributed by atoms with Crippen molar-refractivity contribution in [3.8, 4) is 0 Å². The first kappa shape index (κ1) is 20.9. The van der Waals surface area contributed by atoms with E-state index in [1.807, 2.05) is 0 Å². The van der Waals surface area contributed by atoms with Gasteiger partial charge in [-0.3, -0.25) is 34.3 Å². The van der Waals surface area contributed by atoms with Gasteiger partial charge in [0.15, 0.2) is 5.16 Å². The Hall–Kier alpha value is -3.80. The third kappa shape index (κ3) is 3.98. The minimum absolute atomic E-state index is 0.186. The van der Waals surface area contributed by atoms with E-state index in [1.165, 1.54) is 44.4 Å². The maximum Gasteiger partial charge on any atom is 0.333 e. The van der Waals surface area contributed by atoms with Crippen molar-refractivity contribution in [2.45, 2.75) is 17.0 Å². The first-order chi connectivity index (χ1) is 14.1. The first-order valence-corrected chi connectivity index (χ1v) is 9.26. The van der Waals surface area contributed by atoms with Gasteiger partial charge in [0, 0.05) is 42.9 Å². The summed E-state index contributed by atoms with van der Waals surface area (Å²) in [5.41, 5.74) is -0.294. The molecule has 0 saturated carbocycles. The highest BCUT2D eigenvalue weighted by molar-refractivity contribution is 7.99. The van der Waals surface area contributed by atoms with E-state index in [1.54, 1.807) is 6.92 Å². The number of imide groups is 2. The highest BCUT2D eigenvalue weighted by atomic mass is 32.2. The summed E-state index contributed by atoms with van der Waals surface area (Å²) in [6, 6.07) is 4.40. The van der Waals surface area contributed by atoms with Gasteiger partial charge in [0.25, 0.3) is 23.1 Å². The van der Waals surface area contributed by atoms with Crippen LogP contribution in [0.15, 0.2) is 44.7 Å². The maximum absolute atomic E-state index is 12.5. The molecule has 0 atom stereocenters. The molecule has 154 valence electrons. The molecule has 30 heavy (non-hydrogen) atoms. The lowest BCUT2D eigenvalue weighted by atomic mass is 10.1. The Labute approximate surface area is 173 Å².